The van der Waals surface area contributed by atoms with Gasteiger partial charge < -0.3 is 15.5 Å². The Morgan fingerprint density at radius 3 is 2.28 bits per heavy atom. The smallest absolute Gasteiger partial charge is 0.251 e. The monoisotopic (exact) mass is 431 g/mol. The fourth-order valence-electron chi connectivity index (χ4n) is 2.96. The highest BCUT2D eigenvalue weighted by atomic mass is 16.2. The van der Waals surface area contributed by atoms with Crippen LogP contribution < -0.4 is 15.5 Å². The Kier molecular flexibility index (Phi) is 7.28. The van der Waals surface area contributed by atoms with Gasteiger partial charge >= 0.3 is 0 Å². The summed E-state index contributed by atoms with van der Waals surface area (Å²) in [4.78, 5) is 45.3. The molecule has 0 aliphatic carbocycles. The minimum Gasteiger partial charge on any atom is -0.345 e. The molecule has 8 heteroatoms. The minimum atomic E-state index is -0.300. The maximum Gasteiger partial charge on any atom is 0.251 e. The molecule has 2 N–H and O–H groups in total. The van der Waals surface area contributed by atoms with Crippen molar-refractivity contribution in [3.05, 3.63) is 66.4 Å². The van der Waals surface area contributed by atoms with Crippen molar-refractivity contribution in [3.63, 3.8) is 0 Å². The number of hydrogen-bond donors (Lipinski definition) is 2. The third-order valence-electron chi connectivity index (χ3n) is 4.78. The van der Waals surface area contributed by atoms with E-state index in [4.69, 9.17) is 0 Å². The largest absolute Gasteiger partial charge is 0.345 e. The van der Waals surface area contributed by atoms with Gasteiger partial charge in [0.2, 0.25) is 11.9 Å². The molecule has 164 valence electrons. The summed E-state index contributed by atoms with van der Waals surface area (Å²) in [7, 11) is 1.75. The molecule has 0 saturated carbocycles. The van der Waals surface area contributed by atoms with Crippen molar-refractivity contribution in [1.82, 2.24) is 15.3 Å². The van der Waals surface area contributed by atoms with Crippen molar-refractivity contribution >= 4 is 34.9 Å². The number of benzene rings is 2. The van der Waals surface area contributed by atoms with Gasteiger partial charge in [-0.1, -0.05) is 19.1 Å². The van der Waals surface area contributed by atoms with Gasteiger partial charge in [0.1, 0.15) is 5.78 Å². The molecule has 0 spiro atoms. The van der Waals surface area contributed by atoms with Crippen LogP contribution in [0.3, 0.4) is 0 Å². The molecule has 0 fully saturated rings. The van der Waals surface area contributed by atoms with Gasteiger partial charge in [0, 0.05) is 42.2 Å². The van der Waals surface area contributed by atoms with E-state index >= 15 is 0 Å². The standard InChI is InChI=1S/C24H25N5O3/c1-4-22(31)29(3)20-11-9-19(10-12-20)27-24-25-14-13-21(28-24)17-5-7-18(8-6-17)23(32)26-15-16(2)30/h5-14H,4,15H2,1-3H3,(H,26,32)(H,25,27,28). The van der Waals surface area contributed by atoms with E-state index in [1.165, 1.54) is 6.92 Å². The SMILES string of the molecule is CCC(=O)N(C)c1ccc(Nc2nccc(-c3ccc(C(=O)NCC(C)=O)cc3)n2)cc1. The minimum absolute atomic E-state index is 0.00764. The molecule has 0 unspecified atom stereocenters. The second kappa shape index (κ2) is 10.3. The number of carbonyl (C=O) groups excluding carboxylic acids is 3. The number of anilines is 3. The highest BCUT2D eigenvalue weighted by Crippen LogP contribution is 2.22. The third kappa shape index (κ3) is 5.75. The summed E-state index contributed by atoms with van der Waals surface area (Å²) in [5.41, 5.74) is 3.59. The van der Waals surface area contributed by atoms with Crippen LogP contribution in [0.4, 0.5) is 17.3 Å². The van der Waals surface area contributed by atoms with Gasteiger partial charge in [0.05, 0.1) is 12.2 Å². The number of Topliss-reactive ketones (excluding diaryl/α,β-unsaturated/α-hetero) is 1. The number of hydrogen-bond acceptors (Lipinski definition) is 6. The van der Waals surface area contributed by atoms with Crippen molar-refractivity contribution in [3.8, 4) is 11.3 Å². The molecular formula is C24H25N5O3. The summed E-state index contributed by atoms with van der Waals surface area (Å²) in [6.45, 7) is 3.26. The molecule has 0 aliphatic heterocycles. The average molecular weight is 431 g/mol. The number of nitrogens with one attached hydrogen (secondary N) is 2. The second-order valence-electron chi connectivity index (χ2n) is 7.21. The molecule has 3 aromatic rings. The van der Waals surface area contributed by atoms with Crippen LogP contribution in [0.5, 0.6) is 0 Å². The van der Waals surface area contributed by atoms with E-state index in [2.05, 4.69) is 20.6 Å². The summed E-state index contributed by atoms with van der Waals surface area (Å²) in [5.74, 6) is 0.0687. The van der Waals surface area contributed by atoms with Crippen molar-refractivity contribution in [2.24, 2.45) is 0 Å². The Morgan fingerprint density at radius 2 is 1.66 bits per heavy atom. The fourth-order valence-corrected chi connectivity index (χ4v) is 2.96. The highest BCUT2D eigenvalue weighted by Gasteiger charge is 2.10. The van der Waals surface area contributed by atoms with E-state index in [9.17, 15) is 14.4 Å². The van der Waals surface area contributed by atoms with E-state index in [0.717, 1.165) is 16.9 Å². The normalized spacial score (nSPS) is 10.3. The highest BCUT2D eigenvalue weighted by molar-refractivity contribution is 5.96. The zero-order valence-corrected chi connectivity index (χ0v) is 18.3. The molecule has 0 aliphatic rings. The molecule has 1 aromatic heterocycles. The Bertz CT molecular complexity index is 1110. The van der Waals surface area contributed by atoms with Gasteiger partial charge in [-0.15, -0.1) is 0 Å². The van der Waals surface area contributed by atoms with Crippen molar-refractivity contribution < 1.29 is 14.4 Å². The Morgan fingerprint density at radius 1 is 0.969 bits per heavy atom. The fraction of sp³-hybridized carbons (Fsp3) is 0.208. The van der Waals surface area contributed by atoms with E-state index < -0.39 is 0 Å². The molecule has 0 atom stereocenters. The molecule has 0 saturated heterocycles. The summed E-state index contributed by atoms with van der Waals surface area (Å²) in [5, 5.41) is 5.73. The lowest BCUT2D eigenvalue weighted by molar-refractivity contribution is -0.118. The molecule has 1 heterocycles. The van der Waals surface area contributed by atoms with E-state index in [1.54, 1.807) is 48.5 Å². The first-order valence-corrected chi connectivity index (χ1v) is 10.2. The molecule has 32 heavy (non-hydrogen) atoms. The van der Waals surface area contributed by atoms with Crippen molar-refractivity contribution in [2.75, 3.05) is 23.8 Å². The number of carbonyl (C=O) groups is 3. The predicted molar refractivity (Wildman–Crippen MR) is 124 cm³/mol. The van der Waals surface area contributed by atoms with Gasteiger partial charge in [-0.25, -0.2) is 9.97 Å². The van der Waals surface area contributed by atoms with Crippen LogP contribution >= 0.6 is 0 Å². The molecule has 2 amide bonds. The summed E-state index contributed by atoms with van der Waals surface area (Å²) in [6, 6.07) is 16.2. The zero-order chi connectivity index (χ0) is 23.1. The Labute approximate surface area is 186 Å². The van der Waals surface area contributed by atoms with Crippen molar-refractivity contribution in [2.45, 2.75) is 20.3 Å². The predicted octanol–water partition coefficient (Wildman–Crippen LogP) is 3.58. The molecule has 2 aromatic carbocycles. The quantitative estimate of drug-likeness (QED) is 0.565. The Balaban J connectivity index is 1.70. The van der Waals surface area contributed by atoms with Crippen LogP contribution in [0.1, 0.15) is 30.6 Å². The zero-order valence-electron chi connectivity index (χ0n) is 18.3. The molecule has 0 bridgehead atoms. The average Bonchev–Trinajstić information content (AvgIpc) is 2.82. The number of ketones is 1. The number of amides is 2. The molecular weight excluding hydrogens is 406 g/mol. The van der Waals surface area contributed by atoms with Crippen LogP contribution in [0.25, 0.3) is 11.3 Å². The lowest BCUT2D eigenvalue weighted by Crippen LogP contribution is -2.28. The van der Waals surface area contributed by atoms with E-state index in [1.807, 2.05) is 31.2 Å². The number of rotatable bonds is 8. The maximum absolute atomic E-state index is 12.1. The van der Waals surface area contributed by atoms with E-state index in [-0.39, 0.29) is 24.1 Å². The van der Waals surface area contributed by atoms with Crippen LogP contribution in [-0.2, 0) is 9.59 Å². The summed E-state index contributed by atoms with van der Waals surface area (Å²) in [6.07, 6.45) is 2.10. The lowest BCUT2D eigenvalue weighted by Gasteiger charge is -2.17. The van der Waals surface area contributed by atoms with Gasteiger partial charge in [0.25, 0.3) is 5.91 Å². The maximum atomic E-state index is 12.1. The first kappa shape index (κ1) is 22.6. The topological polar surface area (TPSA) is 104 Å². The van der Waals surface area contributed by atoms with Crippen LogP contribution in [0, 0.1) is 0 Å². The summed E-state index contributed by atoms with van der Waals surface area (Å²) < 4.78 is 0. The first-order valence-electron chi connectivity index (χ1n) is 10.2. The number of nitrogens with zero attached hydrogens (tertiary/aromatic N) is 3. The second-order valence-corrected chi connectivity index (χ2v) is 7.21. The molecule has 3 rings (SSSR count). The van der Waals surface area contributed by atoms with E-state index in [0.29, 0.717) is 23.6 Å². The molecule has 0 radical (unpaired) electrons. The summed E-state index contributed by atoms with van der Waals surface area (Å²) >= 11 is 0. The van der Waals surface area contributed by atoms with Gasteiger partial charge in [-0.2, -0.15) is 0 Å². The Hall–Kier alpha value is -4.07. The van der Waals surface area contributed by atoms with Crippen LogP contribution in [0.2, 0.25) is 0 Å². The molecule has 8 nitrogen and oxygen atoms in total. The first-order chi connectivity index (χ1) is 15.4. The van der Waals surface area contributed by atoms with Crippen LogP contribution in [0.15, 0.2) is 60.8 Å². The van der Waals surface area contributed by atoms with Crippen LogP contribution in [-0.4, -0.2) is 41.2 Å². The van der Waals surface area contributed by atoms with Crippen molar-refractivity contribution in [1.29, 1.82) is 0 Å². The lowest BCUT2D eigenvalue weighted by atomic mass is 10.1. The third-order valence-corrected chi connectivity index (χ3v) is 4.78. The van der Waals surface area contributed by atoms with Gasteiger partial charge in [-0.05, 0) is 49.4 Å². The van der Waals surface area contributed by atoms with Gasteiger partial charge in [0.15, 0.2) is 0 Å². The number of aromatic nitrogens is 2. The van der Waals surface area contributed by atoms with Gasteiger partial charge in [-0.3, -0.25) is 14.4 Å².